The highest BCUT2D eigenvalue weighted by atomic mass is 19.1. The number of hydrogen-bond acceptors (Lipinski definition) is 3. The second-order valence-electron chi connectivity index (χ2n) is 7.78. The molecule has 1 aliphatic carbocycles. The Morgan fingerprint density at radius 2 is 2.00 bits per heavy atom. The van der Waals surface area contributed by atoms with Gasteiger partial charge in [0.1, 0.15) is 17.4 Å². The SMILES string of the molecule is CCCN(CCc1cccc(F)c1)C(=O)C(C)N1C(=O)NC2(CCCC2)C1=O. The lowest BCUT2D eigenvalue weighted by Crippen LogP contribution is -2.51. The standard InChI is InChI=1S/C21H28FN3O3/c1-3-12-24(13-9-16-7-6-8-17(22)14-16)18(26)15(2)25-19(27)21(23-20(25)28)10-4-5-11-21/h6-8,14-15H,3-5,9-13H2,1-2H3,(H,23,28). The summed E-state index contributed by atoms with van der Waals surface area (Å²) in [6.45, 7) is 4.51. The van der Waals surface area contributed by atoms with Crippen LogP contribution < -0.4 is 5.32 Å². The van der Waals surface area contributed by atoms with Gasteiger partial charge in [0, 0.05) is 13.1 Å². The number of amides is 4. The van der Waals surface area contributed by atoms with E-state index in [0.717, 1.165) is 29.7 Å². The molecule has 1 aromatic carbocycles. The van der Waals surface area contributed by atoms with Crippen molar-refractivity contribution in [2.45, 2.75) is 64.0 Å². The number of benzene rings is 1. The smallest absolute Gasteiger partial charge is 0.325 e. The van der Waals surface area contributed by atoms with Crippen molar-refractivity contribution < 1.29 is 18.8 Å². The fourth-order valence-corrected chi connectivity index (χ4v) is 4.24. The molecular formula is C21H28FN3O3. The molecule has 1 heterocycles. The normalized spacial score (nSPS) is 19.2. The quantitative estimate of drug-likeness (QED) is 0.729. The van der Waals surface area contributed by atoms with Crippen LogP contribution in [0.1, 0.15) is 51.5 Å². The lowest BCUT2D eigenvalue weighted by molar-refractivity contribution is -0.142. The van der Waals surface area contributed by atoms with Gasteiger partial charge in [0.05, 0.1) is 0 Å². The molecule has 0 aromatic heterocycles. The van der Waals surface area contributed by atoms with Gasteiger partial charge in [0.2, 0.25) is 5.91 Å². The van der Waals surface area contributed by atoms with Crippen LogP contribution >= 0.6 is 0 Å². The highest BCUT2D eigenvalue weighted by molar-refractivity contribution is 6.09. The van der Waals surface area contributed by atoms with E-state index in [1.807, 2.05) is 13.0 Å². The second kappa shape index (κ2) is 8.29. The third-order valence-corrected chi connectivity index (χ3v) is 5.76. The van der Waals surface area contributed by atoms with Gasteiger partial charge < -0.3 is 10.2 Å². The molecule has 1 spiro atoms. The third kappa shape index (κ3) is 3.88. The molecule has 3 rings (SSSR count). The summed E-state index contributed by atoms with van der Waals surface area (Å²) in [5.74, 6) is -0.838. The van der Waals surface area contributed by atoms with Crippen molar-refractivity contribution in [3.05, 3.63) is 35.6 Å². The number of imide groups is 1. The monoisotopic (exact) mass is 389 g/mol. The number of nitrogens with zero attached hydrogens (tertiary/aromatic N) is 2. The van der Waals surface area contributed by atoms with E-state index in [0.29, 0.717) is 32.4 Å². The lowest BCUT2D eigenvalue weighted by atomic mass is 9.97. The molecule has 1 atom stereocenters. The van der Waals surface area contributed by atoms with Crippen molar-refractivity contribution in [3.8, 4) is 0 Å². The summed E-state index contributed by atoms with van der Waals surface area (Å²) in [5.41, 5.74) is -0.00979. The van der Waals surface area contributed by atoms with Crippen LogP contribution in [0.5, 0.6) is 0 Å². The van der Waals surface area contributed by atoms with Gasteiger partial charge in [0.25, 0.3) is 5.91 Å². The predicted octanol–water partition coefficient (Wildman–Crippen LogP) is 2.86. The van der Waals surface area contributed by atoms with Crippen LogP contribution in [0, 0.1) is 5.82 Å². The van der Waals surface area contributed by atoms with E-state index in [1.165, 1.54) is 12.1 Å². The molecule has 1 aromatic rings. The Balaban J connectivity index is 1.70. The summed E-state index contributed by atoms with van der Waals surface area (Å²) in [7, 11) is 0. The topological polar surface area (TPSA) is 69.7 Å². The van der Waals surface area contributed by atoms with E-state index in [1.54, 1.807) is 17.9 Å². The number of nitrogens with one attached hydrogen (secondary N) is 1. The molecule has 2 aliphatic rings. The summed E-state index contributed by atoms with van der Waals surface area (Å²) in [6.07, 6.45) is 4.34. The van der Waals surface area contributed by atoms with Crippen LogP contribution in [0.4, 0.5) is 9.18 Å². The highest BCUT2D eigenvalue weighted by Gasteiger charge is 2.54. The van der Waals surface area contributed by atoms with Gasteiger partial charge in [-0.15, -0.1) is 0 Å². The fourth-order valence-electron chi connectivity index (χ4n) is 4.24. The van der Waals surface area contributed by atoms with Gasteiger partial charge in [0.15, 0.2) is 0 Å². The zero-order valence-electron chi connectivity index (χ0n) is 16.5. The minimum atomic E-state index is -0.855. The molecule has 152 valence electrons. The van der Waals surface area contributed by atoms with Gasteiger partial charge in [-0.3, -0.25) is 9.59 Å². The zero-order valence-corrected chi connectivity index (χ0v) is 16.5. The molecule has 1 saturated heterocycles. The molecule has 6 nitrogen and oxygen atoms in total. The maximum Gasteiger partial charge on any atom is 0.325 e. The minimum Gasteiger partial charge on any atom is -0.341 e. The van der Waals surface area contributed by atoms with E-state index < -0.39 is 17.6 Å². The Hall–Kier alpha value is -2.44. The molecule has 0 radical (unpaired) electrons. The van der Waals surface area contributed by atoms with E-state index in [2.05, 4.69) is 5.32 Å². The molecule has 0 bridgehead atoms. The average molecular weight is 389 g/mol. The summed E-state index contributed by atoms with van der Waals surface area (Å²) < 4.78 is 13.4. The number of carbonyl (C=O) groups excluding carboxylic acids is 3. The Morgan fingerprint density at radius 1 is 1.29 bits per heavy atom. The van der Waals surface area contributed by atoms with Gasteiger partial charge >= 0.3 is 6.03 Å². The van der Waals surface area contributed by atoms with Crippen LogP contribution in [0.3, 0.4) is 0 Å². The summed E-state index contributed by atoms with van der Waals surface area (Å²) in [4.78, 5) is 41.2. The molecule has 1 saturated carbocycles. The Bertz CT molecular complexity index is 761. The number of carbonyl (C=O) groups is 3. The van der Waals surface area contributed by atoms with Gasteiger partial charge in [-0.1, -0.05) is 31.9 Å². The Morgan fingerprint density at radius 3 is 2.64 bits per heavy atom. The molecule has 7 heteroatoms. The maximum absolute atomic E-state index is 13.4. The molecule has 2 fully saturated rings. The third-order valence-electron chi connectivity index (χ3n) is 5.76. The first-order chi connectivity index (χ1) is 13.4. The minimum absolute atomic E-state index is 0.253. The van der Waals surface area contributed by atoms with Crippen LogP contribution in [-0.2, 0) is 16.0 Å². The van der Waals surface area contributed by atoms with E-state index in [-0.39, 0.29) is 17.6 Å². The lowest BCUT2D eigenvalue weighted by Gasteiger charge is -2.29. The van der Waals surface area contributed by atoms with Crippen molar-refractivity contribution in [2.24, 2.45) is 0 Å². The van der Waals surface area contributed by atoms with Crippen molar-refractivity contribution in [3.63, 3.8) is 0 Å². The summed E-state index contributed by atoms with van der Waals surface area (Å²) in [6, 6.07) is 4.98. The molecule has 1 aliphatic heterocycles. The Kier molecular flexibility index (Phi) is 6.01. The zero-order chi connectivity index (χ0) is 20.3. The molecule has 4 amide bonds. The molecule has 28 heavy (non-hydrogen) atoms. The average Bonchev–Trinajstić information content (AvgIpc) is 3.23. The number of halogens is 1. The largest absolute Gasteiger partial charge is 0.341 e. The first-order valence-corrected chi connectivity index (χ1v) is 10.1. The molecular weight excluding hydrogens is 361 g/mol. The maximum atomic E-state index is 13.4. The highest BCUT2D eigenvalue weighted by Crippen LogP contribution is 2.35. The second-order valence-corrected chi connectivity index (χ2v) is 7.78. The predicted molar refractivity (Wildman–Crippen MR) is 103 cm³/mol. The summed E-state index contributed by atoms with van der Waals surface area (Å²) in [5, 5.41) is 2.82. The van der Waals surface area contributed by atoms with Gasteiger partial charge in [-0.05, 0) is 50.3 Å². The fraction of sp³-hybridized carbons (Fsp3) is 0.571. The van der Waals surface area contributed by atoms with Crippen molar-refractivity contribution in [2.75, 3.05) is 13.1 Å². The van der Waals surface area contributed by atoms with Crippen molar-refractivity contribution in [1.29, 1.82) is 0 Å². The number of rotatable bonds is 7. The van der Waals surface area contributed by atoms with E-state index in [4.69, 9.17) is 0 Å². The molecule has 1 N–H and O–H groups in total. The molecule has 1 unspecified atom stereocenters. The van der Waals surface area contributed by atoms with Crippen molar-refractivity contribution in [1.82, 2.24) is 15.1 Å². The van der Waals surface area contributed by atoms with Crippen LogP contribution in [0.25, 0.3) is 0 Å². The first kappa shape index (κ1) is 20.3. The summed E-state index contributed by atoms with van der Waals surface area (Å²) >= 11 is 0. The van der Waals surface area contributed by atoms with E-state index >= 15 is 0 Å². The van der Waals surface area contributed by atoms with Crippen LogP contribution in [0.15, 0.2) is 24.3 Å². The van der Waals surface area contributed by atoms with Crippen LogP contribution in [-0.4, -0.2) is 52.3 Å². The van der Waals surface area contributed by atoms with Crippen LogP contribution in [0.2, 0.25) is 0 Å². The Labute approximate surface area is 165 Å². The van der Waals surface area contributed by atoms with Gasteiger partial charge in [-0.25, -0.2) is 14.1 Å². The first-order valence-electron chi connectivity index (χ1n) is 10.1. The van der Waals surface area contributed by atoms with Crippen molar-refractivity contribution >= 4 is 17.8 Å². The number of hydrogen-bond donors (Lipinski definition) is 1. The van der Waals surface area contributed by atoms with E-state index in [9.17, 15) is 18.8 Å². The van der Waals surface area contributed by atoms with Gasteiger partial charge in [-0.2, -0.15) is 0 Å². The number of urea groups is 1.